The molecule has 0 aliphatic heterocycles. The van der Waals surface area contributed by atoms with Crippen molar-refractivity contribution in [1.29, 1.82) is 0 Å². The summed E-state index contributed by atoms with van der Waals surface area (Å²) in [7, 11) is 5.45. The third-order valence-corrected chi connectivity index (χ3v) is 6.55. The number of hydrogen-bond donors (Lipinski definition) is 0. The van der Waals surface area contributed by atoms with Crippen LogP contribution in [0.25, 0.3) is 22.3 Å². The van der Waals surface area contributed by atoms with Crippen LogP contribution in [0.15, 0.2) is 54.9 Å². The highest BCUT2D eigenvalue weighted by atomic mass is 16.5. The lowest BCUT2D eigenvalue weighted by Crippen LogP contribution is -2.23. The Bertz CT molecular complexity index is 1570. The summed E-state index contributed by atoms with van der Waals surface area (Å²) in [6.07, 6.45) is 3.54. The maximum Gasteiger partial charge on any atom is 0.222 e. The van der Waals surface area contributed by atoms with Gasteiger partial charge in [-0.05, 0) is 48.7 Å². The van der Waals surface area contributed by atoms with Crippen LogP contribution in [0.1, 0.15) is 43.6 Å². The van der Waals surface area contributed by atoms with E-state index >= 15 is 0 Å². The molecule has 0 aliphatic rings. The Kier molecular flexibility index (Phi) is 7.44. The van der Waals surface area contributed by atoms with Gasteiger partial charge in [0.1, 0.15) is 11.4 Å². The molecule has 1 aromatic carbocycles. The summed E-state index contributed by atoms with van der Waals surface area (Å²) in [5.74, 6) is 1.58. The molecule has 0 unspecified atom stereocenters. The molecule has 0 saturated carbocycles. The van der Waals surface area contributed by atoms with E-state index in [-0.39, 0.29) is 5.92 Å². The number of rotatable bonds is 10. The first-order chi connectivity index (χ1) is 18.9. The van der Waals surface area contributed by atoms with Crippen LogP contribution in [0.4, 0.5) is 5.69 Å². The van der Waals surface area contributed by atoms with Gasteiger partial charge in [0.15, 0.2) is 5.65 Å². The van der Waals surface area contributed by atoms with Crippen molar-refractivity contribution in [3.63, 3.8) is 0 Å². The van der Waals surface area contributed by atoms with Crippen molar-refractivity contribution in [1.82, 2.24) is 34.7 Å². The zero-order valence-electron chi connectivity index (χ0n) is 23.3. The average Bonchev–Trinajstić information content (AvgIpc) is 3.51. The second kappa shape index (κ2) is 11.1. The second-order valence-electron chi connectivity index (χ2n) is 9.71. The van der Waals surface area contributed by atoms with Gasteiger partial charge in [0.05, 0.1) is 54.5 Å². The number of methoxy groups -OCH3 is 1. The van der Waals surface area contributed by atoms with Gasteiger partial charge in [0, 0.05) is 26.8 Å². The minimum atomic E-state index is 0.205. The number of aryl methyl sites for hydroxylation is 2. The number of fused-ring (bicyclic) bond motifs is 1. The molecule has 0 aliphatic carbocycles. The average molecular weight is 527 g/mol. The van der Waals surface area contributed by atoms with Crippen LogP contribution in [-0.4, -0.2) is 48.5 Å². The fourth-order valence-corrected chi connectivity index (χ4v) is 4.72. The van der Waals surface area contributed by atoms with Crippen molar-refractivity contribution in [3.8, 4) is 22.9 Å². The highest BCUT2D eigenvalue weighted by molar-refractivity contribution is 5.95. The molecule has 10 heteroatoms. The minimum Gasteiger partial charge on any atom is -0.497 e. The molecule has 0 saturated heterocycles. The van der Waals surface area contributed by atoms with Crippen LogP contribution in [-0.2, 0) is 27.2 Å². The highest BCUT2D eigenvalue weighted by Crippen LogP contribution is 2.38. The van der Waals surface area contributed by atoms with Crippen molar-refractivity contribution in [2.45, 2.75) is 39.8 Å². The number of aromatic nitrogens is 7. The van der Waals surface area contributed by atoms with Gasteiger partial charge >= 0.3 is 0 Å². The van der Waals surface area contributed by atoms with Gasteiger partial charge < -0.3 is 14.4 Å². The molecule has 0 N–H and O–H groups in total. The SMILES string of the molecule is CCOc1ncccc1-c1cc(N(Cc2ccc(OC)cc2)Cc2cnn(C)n2)c2c(C(C)C)nn(C)c2n1. The van der Waals surface area contributed by atoms with E-state index in [9.17, 15) is 0 Å². The maximum atomic E-state index is 5.87. The van der Waals surface area contributed by atoms with Crippen LogP contribution < -0.4 is 14.4 Å². The summed E-state index contributed by atoms with van der Waals surface area (Å²) in [6, 6.07) is 14.2. The van der Waals surface area contributed by atoms with E-state index in [0.717, 1.165) is 50.7 Å². The van der Waals surface area contributed by atoms with Crippen LogP contribution in [0, 0.1) is 0 Å². The first-order valence-electron chi connectivity index (χ1n) is 13.1. The monoisotopic (exact) mass is 526 g/mol. The molecule has 10 nitrogen and oxygen atoms in total. The number of pyridine rings is 2. The summed E-state index contributed by atoms with van der Waals surface area (Å²) in [5.41, 5.74) is 6.42. The smallest absolute Gasteiger partial charge is 0.222 e. The van der Waals surface area contributed by atoms with E-state index in [1.165, 1.54) is 0 Å². The molecule has 39 heavy (non-hydrogen) atoms. The molecule has 0 atom stereocenters. The van der Waals surface area contributed by atoms with E-state index in [0.29, 0.717) is 25.6 Å². The van der Waals surface area contributed by atoms with Gasteiger partial charge in [-0.1, -0.05) is 26.0 Å². The van der Waals surface area contributed by atoms with Crippen LogP contribution in [0.3, 0.4) is 0 Å². The van der Waals surface area contributed by atoms with Crippen molar-refractivity contribution >= 4 is 16.7 Å². The van der Waals surface area contributed by atoms with Gasteiger partial charge in [-0.3, -0.25) is 4.68 Å². The topological polar surface area (TPSA) is 96.0 Å². The molecular weight excluding hydrogens is 492 g/mol. The fraction of sp³-hybridized carbons (Fsp3) is 0.345. The van der Waals surface area contributed by atoms with Gasteiger partial charge in [0.25, 0.3) is 0 Å². The van der Waals surface area contributed by atoms with Gasteiger partial charge in [-0.15, -0.1) is 0 Å². The maximum absolute atomic E-state index is 5.87. The lowest BCUT2D eigenvalue weighted by Gasteiger charge is -2.26. The van der Waals surface area contributed by atoms with E-state index in [1.54, 1.807) is 24.3 Å². The molecule has 0 radical (unpaired) electrons. The third kappa shape index (κ3) is 5.41. The lowest BCUT2D eigenvalue weighted by molar-refractivity contribution is 0.328. The van der Waals surface area contributed by atoms with E-state index in [4.69, 9.17) is 19.6 Å². The number of benzene rings is 1. The third-order valence-electron chi connectivity index (χ3n) is 6.55. The fourth-order valence-electron chi connectivity index (χ4n) is 4.72. The number of nitrogens with zero attached hydrogens (tertiary/aromatic N) is 8. The Labute approximate surface area is 228 Å². The lowest BCUT2D eigenvalue weighted by atomic mass is 10.0. The van der Waals surface area contributed by atoms with Gasteiger partial charge in [-0.2, -0.15) is 20.1 Å². The zero-order chi connectivity index (χ0) is 27.5. The van der Waals surface area contributed by atoms with Gasteiger partial charge in [-0.25, -0.2) is 9.97 Å². The van der Waals surface area contributed by atoms with E-state index in [1.807, 2.05) is 50.0 Å². The Balaban J connectivity index is 1.73. The summed E-state index contributed by atoms with van der Waals surface area (Å²) >= 11 is 0. The molecule has 4 aromatic heterocycles. The van der Waals surface area contributed by atoms with Crippen LogP contribution in [0.5, 0.6) is 11.6 Å². The molecule has 0 bridgehead atoms. The molecular formula is C29H34N8O2. The Morgan fingerprint density at radius 3 is 2.49 bits per heavy atom. The number of ether oxygens (including phenoxy) is 2. The normalized spacial score (nSPS) is 11.4. The molecule has 5 rings (SSSR count). The Morgan fingerprint density at radius 2 is 1.82 bits per heavy atom. The van der Waals surface area contributed by atoms with Crippen molar-refractivity contribution < 1.29 is 9.47 Å². The van der Waals surface area contributed by atoms with Gasteiger partial charge in [0.2, 0.25) is 5.88 Å². The molecule has 0 spiro atoms. The van der Waals surface area contributed by atoms with Crippen molar-refractivity contribution in [2.75, 3.05) is 18.6 Å². The summed E-state index contributed by atoms with van der Waals surface area (Å²) in [5, 5.41) is 14.8. The largest absolute Gasteiger partial charge is 0.497 e. The van der Waals surface area contributed by atoms with Crippen molar-refractivity contribution in [3.05, 3.63) is 71.8 Å². The molecule has 5 aromatic rings. The number of anilines is 1. The number of hydrogen-bond acceptors (Lipinski definition) is 8. The predicted octanol–water partition coefficient (Wildman–Crippen LogP) is 4.90. The Morgan fingerprint density at radius 1 is 1.03 bits per heavy atom. The molecule has 0 fully saturated rings. The summed E-state index contributed by atoms with van der Waals surface area (Å²) < 4.78 is 13.1. The first kappa shape index (κ1) is 26.1. The van der Waals surface area contributed by atoms with Crippen LogP contribution in [0.2, 0.25) is 0 Å². The zero-order valence-corrected chi connectivity index (χ0v) is 23.3. The van der Waals surface area contributed by atoms with E-state index in [2.05, 4.69) is 52.1 Å². The Hall–Kier alpha value is -4.47. The quantitative estimate of drug-likeness (QED) is 0.254. The highest BCUT2D eigenvalue weighted by Gasteiger charge is 2.24. The molecule has 0 amide bonds. The summed E-state index contributed by atoms with van der Waals surface area (Å²) in [4.78, 5) is 13.5. The molecule has 202 valence electrons. The minimum absolute atomic E-state index is 0.205. The van der Waals surface area contributed by atoms with Crippen molar-refractivity contribution in [2.24, 2.45) is 14.1 Å². The first-order valence-corrected chi connectivity index (χ1v) is 13.1. The predicted molar refractivity (Wildman–Crippen MR) is 151 cm³/mol. The standard InChI is InChI=1S/C29H34N8O2/c1-7-39-29-23(9-8-14-30-29)24-15-25(26-27(19(2)3)34-35(4)28(26)32-24)37(18-21-16-31-36(5)33-21)17-20-10-12-22(38-6)13-11-20/h8-16,19H,7,17-18H2,1-6H3. The molecule has 4 heterocycles. The second-order valence-corrected chi connectivity index (χ2v) is 9.71. The van der Waals surface area contributed by atoms with Crippen LogP contribution >= 0.6 is 0 Å². The summed E-state index contributed by atoms with van der Waals surface area (Å²) in [6.45, 7) is 7.97. The van der Waals surface area contributed by atoms with E-state index < -0.39 is 0 Å².